The largest absolute Gasteiger partial charge is 0.497 e. The monoisotopic (exact) mass is 506 g/mol. The molecular weight excluding hydrogens is 480 g/mol. The van der Waals surface area contributed by atoms with Crippen LogP contribution in [-0.2, 0) is 0 Å². The molecule has 1 aliphatic heterocycles. The van der Waals surface area contributed by atoms with Gasteiger partial charge in [-0.05, 0) is 48.9 Å². The first-order valence-corrected chi connectivity index (χ1v) is 11.2. The second kappa shape index (κ2) is 10.5. The normalized spacial score (nSPS) is 13.0. The van der Waals surface area contributed by atoms with Gasteiger partial charge in [0.1, 0.15) is 23.0 Å². The quantitative estimate of drug-likeness (QED) is 0.241. The van der Waals surface area contributed by atoms with Gasteiger partial charge in [0.05, 0.1) is 46.7 Å². The Morgan fingerprint density at radius 1 is 0.784 bits per heavy atom. The fraction of sp³-hybridized carbons (Fsp3) is 0.214. The Morgan fingerprint density at radius 2 is 1.46 bits per heavy atom. The predicted octanol–water partition coefficient (Wildman–Crippen LogP) is 4.87. The topological polar surface area (TPSA) is 98.8 Å². The Bertz CT molecular complexity index is 1380. The van der Waals surface area contributed by atoms with E-state index in [0.717, 1.165) is 0 Å². The van der Waals surface area contributed by atoms with Gasteiger partial charge in [0.25, 0.3) is 0 Å². The summed E-state index contributed by atoms with van der Waals surface area (Å²) in [6.45, 7) is 1.74. The van der Waals surface area contributed by atoms with Crippen LogP contribution >= 0.6 is 0 Å². The molecule has 0 fully saturated rings. The number of carbonyl (C=O) groups is 2. The Hall–Kier alpha value is -4.66. The van der Waals surface area contributed by atoms with Crippen molar-refractivity contribution in [2.45, 2.75) is 6.92 Å². The minimum atomic E-state index is -0.651. The van der Waals surface area contributed by atoms with Gasteiger partial charge in [-0.3, -0.25) is 4.79 Å². The van der Waals surface area contributed by atoms with Crippen LogP contribution in [-0.4, -0.2) is 47.3 Å². The zero-order valence-corrected chi connectivity index (χ0v) is 21.3. The van der Waals surface area contributed by atoms with Crippen molar-refractivity contribution in [2.24, 2.45) is 0 Å². The molecule has 1 aliphatic rings. The lowest BCUT2D eigenvalue weighted by Crippen LogP contribution is -2.10. The average molecular weight is 507 g/mol. The highest BCUT2D eigenvalue weighted by molar-refractivity contribution is 6.15. The molecule has 37 heavy (non-hydrogen) atoms. The van der Waals surface area contributed by atoms with Crippen LogP contribution in [0.5, 0.6) is 40.2 Å². The molecule has 4 rings (SSSR count). The van der Waals surface area contributed by atoms with E-state index in [4.69, 9.17) is 33.2 Å². The minimum Gasteiger partial charge on any atom is -0.497 e. The highest BCUT2D eigenvalue weighted by Crippen LogP contribution is 2.40. The number of methoxy groups -OCH3 is 5. The molecule has 0 atom stereocenters. The summed E-state index contributed by atoms with van der Waals surface area (Å²) < 4.78 is 38.0. The van der Waals surface area contributed by atoms with E-state index in [1.807, 2.05) is 0 Å². The molecule has 0 unspecified atom stereocenters. The van der Waals surface area contributed by atoms with Crippen molar-refractivity contribution < 1.29 is 42.7 Å². The number of benzene rings is 3. The van der Waals surface area contributed by atoms with Crippen LogP contribution in [0.2, 0.25) is 0 Å². The van der Waals surface area contributed by atoms with Gasteiger partial charge in [0.2, 0.25) is 11.5 Å². The summed E-state index contributed by atoms with van der Waals surface area (Å²) in [5, 5.41) is 0. The summed E-state index contributed by atoms with van der Waals surface area (Å²) in [5.41, 5.74) is 1.83. The molecule has 3 aromatic rings. The second-order valence-corrected chi connectivity index (χ2v) is 7.96. The van der Waals surface area contributed by atoms with Crippen LogP contribution in [0.25, 0.3) is 6.08 Å². The molecule has 0 amide bonds. The fourth-order valence-electron chi connectivity index (χ4n) is 3.98. The van der Waals surface area contributed by atoms with Gasteiger partial charge in [0, 0.05) is 17.7 Å². The maximum Gasteiger partial charge on any atom is 0.343 e. The van der Waals surface area contributed by atoms with E-state index in [1.165, 1.54) is 46.6 Å². The molecule has 3 aromatic carbocycles. The van der Waals surface area contributed by atoms with Crippen LogP contribution < -0.4 is 33.2 Å². The first kappa shape index (κ1) is 25.4. The van der Waals surface area contributed by atoms with E-state index in [1.54, 1.807) is 44.4 Å². The number of fused-ring (bicyclic) bond motifs is 1. The lowest BCUT2D eigenvalue weighted by Gasteiger charge is -2.14. The van der Waals surface area contributed by atoms with Gasteiger partial charge < -0.3 is 33.2 Å². The van der Waals surface area contributed by atoms with Gasteiger partial charge in [0.15, 0.2) is 17.3 Å². The van der Waals surface area contributed by atoms with E-state index in [2.05, 4.69) is 0 Å². The Morgan fingerprint density at radius 3 is 2.05 bits per heavy atom. The van der Waals surface area contributed by atoms with Crippen LogP contribution in [0.3, 0.4) is 0 Å². The summed E-state index contributed by atoms with van der Waals surface area (Å²) >= 11 is 0. The number of hydrogen-bond donors (Lipinski definition) is 0. The molecule has 0 radical (unpaired) electrons. The zero-order chi connectivity index (χ0) is 26.7. The second-order valence-electron chi connectivity index (χ2n) is 7.96. The Labute approximate surface area is 214 Å². The number of hydrogen-bond acceptors (Lipinski definition) is 9. The minimum absolute atomic E-state index is 0.120. The molecule has 0 saturated heterocycles. The smallest absolute Gasteiger partial charge is 0.343 e. The van der Waals surface area contributed by atoms with Gasteiger partial charge >= 0.3 is 5.97 Å². The van der Waals surface area contributed by atoms with Crippen molar-refractivity contribution in [3.63, 3.8) is 0 Å². The molecular formula is C28H26O9. The van der Waals surface area contributed by atoms with Crippen molar-refractivity contribution >= 4 is 17.8 Å². The third-order valence-electron chi connectivity index (χ3n) is 5.78. The number of esters is 1. The average Bonchev–Trinajstić information content (AvgIpc) is 3.22. The maximum atomic E-state index is 13.1. The van der Waals surface area contributed by atoms with E-state index >= 15 is 0 Å². The molecule has 0 spiro atoms. The number of carbonyl (C=O) groups excluding carboxylic acids is 2. The number of Topliss-reactive ketones (excluding diaryl/α,β-unsaturated/α-hetero) is 1. The highest BCUT2D eigenvalue weighted by atomic mass is 16.5. The van der Waals surface area contributed by atoms with Gasteiger partial charge in [-0.25, -0.2) is 4.79 Å². The van der Waals surface area contributed by atoms with Gasteiger partial charge in [-0.2, -0.15) is 0 Å². The Kier molecular flexibility index (Phi) is 7.24. The fourth-order valence-corrected chi connectivity index (χ4v) is 3.98. The van der Waals surface area contributed by atoms with Crippen molar-refractivity contribution in [3.05, 3.63) is 70.5 Å². The number of rotatable bonds is 8. The van der Waals surface area contributed by atoms with Crippen LogP contribution in [0.4, 0.5) is 0 Å². The lowest BCUT2D eigenvalue weighted by atomic mass is 10.0. The van der Waals surface area contributed by atoms with Gasteiger partial charge in [-0.15, -0.1) is 0 Å². The first-order chi connectivity index (χ1) is 17.8. The van der Waals surface area contributed by atoms with Crippen LogP contribution in [0, 0.1) is 6.92 Å². The molecule has 0 saturated carbocycles. The van der Waals surface area contributed by atoms with E-state index in [0.29, 0.717) is 45.4 Å². The number of ketones is 1. The lowest BCUT2D eigenvalue weighted by molar-refractivity contribution is 0.0733. The van der Waals surface area contributed by atoms with Crippen molar-refractivity contribution in [2.75, 3.05) is 35.5 Å². The molecule has 0 bridgehead atoms. The Balaban J connectivity index is 1.62. The third-order valence-corrected chi connectivity index (χ3v) is 5.78. The van der Waals surface area contributed by atoms with Gasteiger partial charge in [-0.1, -0.05) is 0 Å². The summed E-state index contributed by atoms with van der Waals surface area (Å²) in [7, 11) is 7.47. The SMILES string of the molecule is COc1ccc(/C=C2\Oc3cc(OC(=O)c4cc(OC)c(OC)c(OC)c4)cc(C)c3C2=O)c(OC)c1. The predicted molar refractivity (Wildman–Crippen MR) is 135 cm³/mol. The van der Waals surface area contributed by atoms with Crippen LogP contribution in [0.15, 0.2) is 48.2 Å². The van der Waals surface area contributed by atoms with E-state index in [-0.39, 0.29) is 28.6 Å². The number of aryl methyl sites for hydroxylation is 1. The van der Waals surface area contributed by atoms with E-state index in [9.17, 15) is 9.59 Å². The molecule has 0 N–H and O–H groups in total. The summed E-state index contributed by atoms with van der Waals surface area (Å²) in [6.07, 6.45) is 1.60. The molecule has 1 heterocycles. The zero-order valence-electron chi connectivity index (χ0n) is 21.3. The first-order valence-electron chi connectivity index (χ1n) is 11.2. The summed E-state index contributed by atoms with van der Waals surface area (Å²) in [5.74, 6) is 1.82. The molecule has 9 nitrogen and oxygen atoms in total. The molecule has 192 valence electrons. The maximum absolute atomic E-state index is 13.1. The van der Waals surface area contributed by atoms with E-state index < -0.39 is 5.97 Å². The highest BCUT2D eigenvalue weighted by Gasteiger charge is 2.31. The number of ether oxygens (including phenoxy) is 7. The van der Waals surface area contributed by atoms with Crippen molar-refractivity contribution in [3.8, 4) is 40.2 Å². The third kappa shape index (κ3) is 4.88. The number of allylic oxidation sites excluding steroid dienone is 1. The standard InChI is InChI=1S/C28H26O9/c1-15-9-19(36-28(30)17-11-23(33-4)27(35-6)24(12-17)34-5)14-21-25(15)26(29)22(37-21)10-16-7-8-18(31-2)13-20(16)32-3/h7-14H,1-6H3/b22-10-. The van der Waals surface area contributed by atoms with Crippen LogP contribution in [0.1, 0.15) is 31.8 Å². The van der Waals surface area contributed by atoms with Crippen molar-refractivity contribution in [1.29, 1.82) is 0 Å². The van der Waals surface area contributed by atoms with Crippen molar-refractivity contribution in [1.82, 2.24) is 0 Å². The summed E-state index contributed by atoms with van der Waals surface area (Å²) in [4.78, 5) is 26.0. The molecule has 0 aliphatic carbocycles. The molecule has 0 aromatic heterocycles. The summed E-state index contributed by atoms with van der Waals surface area (Å²) in [6, 6.07) is 11.3. The molecule has 9 heteroatoms.